The Bertz CT molecular complexity index is 282. The van der Waals surface area contributed by atoms with Crippen molar-refractivity contribution in [2.45, 2.75) is 0 Å². The molecule has 1 rings (SSSR count). The second kappa shape index (κ2) is 3.67. The van der Waals surface area contributed by atoms with Crippen LogP contribution in [0.2, 0.25) is 0 Å². The SMILES string of the molecule is CN(C(=O)[C]=O)c1ccccc1. The molecule has 0 aromatic heterocycles. The third-order valence-electron chi connectivity index (χ3n) is 1.54. The number of carbonyl (C=O) groups excluding carboxylic acids is 2. The summed E-state index contributed by atoms with van der Waals surface area (Å²) in [5.41, 5.74) is 0.686. The molecule has 0 unspecified atom stereocenters. The van der Waals surface area contributed by atoms with Crippen LogP contribution in [0.5, 0.6) is 0 Å². The minimum absolute atomic E-state index is 0.666. The highest BCUT2D eigenvalue weighted by Gasteiger charge is 2.08. The van der Waals surface area contributed by atoms with Crippen LogP contribution in [0.25, 0.3) is 0 Å². The molecule has 3 heteroatoms. The molecule has 1 amide bonds. The van der Waals surface area contributed by atoms with Gasteiger partial charge in [0.1, 0.15) is 0 Å². The highest BCUT2D eigenvalue weighted by Crippen LogP contribution is 2.09. The molecule has 0 fully saturated rings. The molecule has 0 aliphatic heterocycles. The first-order valence-electron chi connectivity index (χ1n) is 3.46. The summed E-state index contributed by atoms with van der Waals surface area (Å²) < 4.78 is 0. The quantitative estimate of drug-likeness (QED) is 0.602. The largest absolute Gasteiger partial charge is 0.308 e. The standard InChI is InChI=1S/C9H8NO2/c1-10(9(12)7-11)8-5-3-2-4-6-8/h2-6H,1H3. The summed E-state index contributed by atoms with van der Waals surface area (Å²) >= 11 is 0. The lowest BCUT2D eigenvalue weighted by Gasteiger charge is -2.12. The van der Waals surface area contributed by atoms with Gasteiger partial charge in [0.05, 0.1) is 0 Å². The average molecular weight is 162 g/mol. The van der Waals surface area contributed by atoms with E-state index in [0.717, 1.165) is 0 Å². The lowest BCUT2D eigenvalue weighted by Crippen LogP contribution is -2.26. The molecule has 12 heavy (non-hydrogen) atoms. The fourth-order valence-electron chi connectivity index (χ4n) is 0.837. The van der Waals surface area contributed by atoms with Gasteiger partial charge in [0, 0.05) is 12.7 Å². The van der Waals surface area contributed by atoms with E-state index in [1.165, 1.54) is 18.2 Å². The number of rotatable bonds is 2. The molecule has 0 spiro atoms. The Hall–Kier alpha value is -1.64. The van der Waals surface area contributed by atoms with Gasteiger partial charge in [-0.25, -0.2) is 0 Å². The number of amides is 1. The number of anilines is 1. The number of hydrogen-bond donors (Lipinski definition) is 0. The van der Waals surface area contributed by atoms with Crippen molar-refractivity contribution < 1.29 is 9.59 Å². The Morgan fingerprint density at radius 1 is 1.33 bits per heavy atom. The van der Waals surface area contributed by atoms with E-state index in [1.54, 1.807) is 24.3 Å². The number of carbonyl (C=O) groups is 1. The van der Waals surface area contributed by atoms with Gasteiger partial charge in [0.15, 0.2) is 0 Å². The minimum atomic E-state index is -0.666. The number of para-hydroxylation sites is 1. The van der Waals surface area contributed by atoms with Crippen LogP contribution in [-0.4, -0.2) is 19.2 Å². The van der Waals surface area contributed by atoms with Gasteiger partial charge in [0.2, 0.25) is 0 Å². The van der Waals surface area contributed by atoms with Crippen molar-refractivity contribution in [1.29, 1.82) is 0 Å². The number of nitrogens with zero attached hydrogens (tertiary/aromatic N) is 1. The van der Waals surface area contributed by atoms with Crippen LogP contribution in [-0.2, 0) is 9.59 Å². The smallest absolute Gasteiger partial charge is 0.302 e. The fraction of sp³-hybridized carbons (Fsp3) is 0.111. The maximum atomic E-state index is 10.8. The summed E-state index contributed by atoms with van der Waals surface area (Å²) in [6.07, 6.45) is 1.30. The molecule has 0 saturated carbocycles. The Labute approximate surface area is 70.6 Å². The second-order valence-corrected chi connectivity index (χ2v) is 2.30. The predicted octanol–water partition coefficient (Wildman–Crippen LogP) is 0.759. The molecule has 0 heterocycles. The molecule has 61 valence electrons. The fourth-order valence-corrected chi connectivity index (χ4v) is 0.837. The minimum Gasteiger partial charge on any atom is -0.308 e. The van der Waals surface area contributed by atoms with Gasteiger partial charge in [-0.2, -0.15) is 0 Å². The zero-order valence-corrected chi connectivity index (χ0v) is 6.65. The number of hydrogen-bond acceptors (Lipinski definition) is 2. The second-order valence-electron chi connectivity index (χ2n) is 2.30. The van der Waals surface area contributed by atoms with Crippen LogP contribution in [0.15, 0.2) is 30.3 Å². The van der Waals surface area contributed by atoms with Gasteiger partial charge in [-0.15, -0.1) is 0 Å². The first kappa shape index (κ1) is 8.46. The van der Waals surface area contributed by atoms with Crippen molar-refractivity contribution in [2.75, 3.05) is 11.9 Å². The van der Waals surface area contributed by atoms with Gasteiger partial charge in [-0.05, 0) is 12.1 Å². The van der Waals surface area contributed by atoms with Gasteiger partial charge < -0.3 is 4.90 Å². The van der Waals surface area contributed by atoms with Gasteiger partial charge in [-0.1, -0.05) is 18.2 Å². The molecular formula is C9H8NO2. The zero-order valence-electron chi connectivity index (χ0n) is 6.65. The first-order chi connectivity index (χ1) is 5.75. The van der Waals surface area contributed by atoms with Crippen LogP contribution < -0.4 is 4.90 Å². The van der Waals surface area contributed by atoms with E-state index in [2.05, 4.69) is 0 Å². The molecule has 0 N–H and O–H groups in total. The summed E-state index contributed by atoms with van der Waals surface area (Å²) in [5.74, 6) is -0.666. The Balaban J connectivity index is 2.85. The van der Waals surface area contributed by atoms with Gasteiger partial charge in [-0.3, -0.25) is 9.59 Å². The molecule has 0 bridgehead atoms. The van der Waals surface area contributed by atoms with Crippen LogP contribution in [0.4, 0.5) is 5.69 Å². The molecule has 3 nitrogen and oxygen atoms in total. The third-order valence-corrected chi connectivity index (χ3v) is 1.54. The van der Waals surface area contributed by atoms with Crippen molar-refractivity contribution in [3.63, 3.8) is 0 Å². The van der Waals surface area contributed by atoms with Gasteiger partial charge >= 0.3 is 5.91 Å². The number of benzene rings is 1. The molecule has 0 aliphatic rings. The maximum Gasteiger partial charge on any atom is 0.302 e. The molecule has 1 radical (unpaired) electrons. The normalized spacial score (nSPS) is 9.08. The van der Waals surface area contributed by atoms with Crippen molar-refractivity contribution in [1.82, 2.24) is 0 Å². The molecule has 1 aromatic rings. The van der Waals surface area contributed by atoms with Crippen molar-refractivity contribution >= 4 is 17.9 Å². The summed E-state index contributed by atoms with van der Waals surface area (Å²) in [6, 6.07) is 8.92. The van der Waals surface area contributed by atoms with Crippen molar-refractivity contribution in [2.24, 2.45) is 0 Å². The van der Waals surface area contributed by atoms with E-state index in [0.29, 0.717) is 5.69 Å². The predicted molar refractivity (Wildman–Crippen MR) is 45.5 cm³/mol. The Morgan fingerprint density at radius 3 is 2.42 bits per heavy atom. The summed E-state index contributed by atoms with van der Waals surface area (Å²) in [5, 5.41) is 0. The highest BCUT2D eigenvalue weighted by atomic mass is 16.2. The number of likely N-dealkylation sites (N-methyl/N-ethyl adjacent to an activating group) is 1. The molecule has 1 aromatic carbocycles. The highest BCUT2D eigenvalue weighted by molar-refractivity contribution is 6.30. The van der Waals surface area contributed by atoms with E-state index in [9.17, 15) is 9.59 Å². The summed E-state index contributed by atoms with van der Waals surface area (Å²) in [7, 11) is 1.53. The zero-order chi connectivity index (χ0) is 8.97. The van der Waals surface area contributed by atoms with Crippen molar-refractivity contribution in [3.8, 4) is 0 Å². The Morgan fingerprint density at radius 2 is 1.92 bits per heavy atom. The third kappa shape index (κ3) is 1.69. The van der Waals surface area contributed by atoms with Crippen LogP contribution >= 0.6 is 0 Å². The average Bonchev–Trinajstić information content (AvgIpc) is 2.17. The lowest BCUT2D eigenvalue weighted by molar-refractivity contribution is -0.112. The molecule has 0 saturated heterocycles. The summed E-state index contributed by atoms with van der Waals surface area (Å²) in [4.78, 5) is 22.1. The van der Waals surface area contributed by atoms with Gasteiger partial charge in [0.25, 0.3) is 6.29 Å². The maximum absolute atomic E-state index is 10.8. The molecule has 0 atom stereocenters. The topological polar surface area (TPSA) is 37.4 Å². The van der Waals surface area contributed by atoms with E-state index in [-0.39, 0.29) is 0 Å². The first-order valence-corrected chi connectivity index (χ1v) is 3.46. The Kier molecular flexibility index (Phi) is 2.58. The summed E-state index contributed by atoms with van der Waals surface area (Å²) in [6.45, 7) is 0. The lowest BCUT2D eigenvalue weighted by atomic mass is 10.3. The van der Waals surface area contributed by atoms with Crippen LogP contribution in [0.1, 0.15) is 0 Å². The molecular weight excluding hydrogens is 154 g/mol. The van der Waals surface area contributed by atoms with Crippen LogP contribution in [0, 0.1) is 0 Å². The van der Waals surface area contributed by atoms with E-state index >= 15 is 0 Å². The van der Waals surface area contributed by atoms with Crippen LogP contribution in [0.3, 0.4) is 0 Å². The molecule has 0 aliphatic carbocycles. The van der Waals surface area contributed by atoms with E-state index in [1.807, 2.05) is 6.07 Å². The monoisotopic (exact) mass is 162 g/mol. The van der Waals surface area contributed by atoms with E-state index in [4.69, 9.17) is 0 Å². The van der Waals surface area contributed by atoms with E-state index < -0.39 is 5.91 Å². The van der Waals surface area contributed by atoms with Crippen molar-refractivity contribution in [3.05, 3.63) is 30.3 Å².